The van der Waals surface area contributed by atoms with Gasteiger partial charge in [-0.3, -0.25) is 9.59 Å². The minimum absolute atomic E-state index is 0.0116. The summed E-state index contributed by atoms with van der Waals surface area (Å²) in [7, 11) is 0. The SMILES string of the molecule is CC(=O)O[C@@H](C)OC(=O)NC[C@@]1(CC(=O)O)C[C@@H]2CC(C)=C[C@@H]21. The third-order valence-corrected chi connectivity index (χ3v) is 4.62. The number of fused-ring (bicyclic) bond motifs is 1. The molecule has 1 amide bonds. The van der Waals surface area contributed by atoms with Gasteiger partial charge in [-0.25, -0.2) is 4.79 Å². The summed E-state index contributed by atoms with van der Waals surface area (Å²) in [5, 5.41) is 11.8. The number of carboxylic acid groups (broad SMARTS) is 1. The molecule has 2 N–H and O–H groups in total. The third kappa shape index (κ3) is 4.03. The van der Waals surface area contributed by atoms with Gasteiger partial charge < -0.3 is 19.9 Å². The summed E-state index contributed by atoms with van der Waals surface area (Å²) in [6, 6.07) is 0. The van der Waals surface area contributed by atoms with Crippen molar-refractivity contribution in [2.24, 2.45) is 17.3 Å². The van der Waals surface area contributed by atoms with Crippen LogP contribution >= 0.6 is 0 Å². The zero-order valence-corrected chi connectivity index (χ0v) is 13.6. The molecule has 0 aromatic carbocycles. The number of rotatable bonds is 6. The van der Waals surface area contributed by atoms with Crippen molar-refractivity contribution in [2.75, 3.05) is 6.54 Å². The van der Waals surface area contributed by atoms with Gasteiger partial charge in [0, 0.05) is 25.8 Å². The van der Waals surface area contributed by atoms with Gasteiger partial charge in [-0.2, -0.15) is 0 Å². The van der Waals surface area contributed by atoms with E-state index in [-0.39, 0.29) is 18.9 Å². The van der Waals surface area contributed by atoms with Crippen molar-refractivity contribution in [1.29, 1.82) is 0 Å². The topological polar surface area (TPSA) is 102 Å². The summed E-state index contributed by atoms with van der Waals surface area (Å²) in [4.78, 5) is 33.8. The number of allylic oxidation sites excluding steroid dienone is 2. The van der Waals surface area contributed by atoms with Crippen LogP contribution in [0, 0.1) is 17.3 Å². The molecule has 128 valence electrons. The predicted molar refractivity (Wildman–Crippen MR) is 80.4 cm³/mol. The number of esters is 1. The first-order chi connectivity index (χ1) is 10.7. The van der Waals surface area contributed by atoms with E-state index in [1.807, 2.05) is 6.92 Å². The van der Waals surface area contributed by atoms with E-state index in [1.54, 1.807) is 0 Å². The lowest BCUT2D eigenvalue weighted by atomic mass is 9.53. The Kier molecular flexibility index (Phi) is 4.97. The van der Waals surface area contributed by atoms with Crippen LogP contribution in [-0.2, 0) is 19.1 Å². The Bertz CT molecular complexity index is 543. The molecule has 0 bridgehead atoms. The average Bonchev–Trinajstić information content (AvgIpc) is 2.70. The lowest BCUT2D eigenvalue weighted by Gasteiger charge is -2.51. The van der Waals surface area contributed by atoms with Gasteiger partial charge in [-0.15, -0.1) is 0 Å². The Balaban J connectivity index is 1.91. The lowest BCUT2D eigenvalue weighted by Crippen LogP contribution is -2.53. The molecule has 2 aliphatic carbocycles. The molecule has 1 fully saturated rings. The maximum absolute atomic E-state index is 11.8. The molecule has 0 heterocycles. The Morgan fingerprint density at radius 2 is 2.13 bits per heavy atom. The summed E-state index contributed by atoms with van der Waals surface area (Å²) in [6.07, 6.45) is 2.22. The fraction of sp³-hybridized carbons (Fsp3) is 0.688. The Hall–Kier alpha value is -2.05. The summed E-state index contributed by atoms with van der Waals surface area (Å²) < 4.78 is 9.62. The Morgan fingerprint density at radius 1 is 1.43 bits per heavy atom. The van der Waals surface area contributed by atoms with E-state index in [1.165, 1.54) is 19.4 Å². The molecule has 7 heteroatoms. The van der Waals surface area contributed by atoms with Crippen LogP contribution in [0.1, 0.15) is 40.0 Å². The highest BCUT2D eigenvalue weighted by Gasteiger charge is 2.55. The van der Waals surface area contributed by atoms with Gasteiger partial charge in [0.05, 0.1) is 6.42 Å². The van der Waals surface area contributed by atoms with Gasteiger partial charge in [0.2, 0.25) is 6.29 Å². The molecule has 0 unspecified atom stereocenters. The molecule has 0 aliphatic heterocycles. The van der Waals surface area contributed by atoms with E-state index < -0.39 is 29.7 Å². The van der Waals surface area contributed by atoms with Gasteiger partial charge in [0.15, 0.2) is 0 Å². The first kappa shape index (κ1) is 17.3. The van der Waals surface area contributed by atoms with Crippen LogP contribution in [0.25, 0.3) is 0 Å². The number of aliphatic carboxylic acids is 1. The number of carboxylic acids is 1. The van der Waals surface area contributed by atoms with Gasteiger partial charge in [0.25, 0.3) is 0 Å². The normalized spacial score (nSPS) is 29.6. The fourth-order valence-corrected chi connectivity index (χ4v) is 3.87. The molecule has 1 saturated carbocycles. The first-order valence-corrected chi connectivity index (χ1v) is 7.72. The van der Waals surface area contributed by atoms with Crippen LogP contribution in [0.15, 0.2) is 11.6 Å². The van der Waals surface area contributed by atoms with E-state index in [9.17, 15) is 19.5 Å². The molecule has 7 nitrogen and oxygen atoms in total. The fourth-order valence-electron chi connectivity index (χ4n) is 3.87. The second kappa shape index (κ2) is 6.60. The van der Waals surface area contributed by atoms with Crippen LogP contribution in [0.5, 0.6) is 0 Å². The quantitative estimate of drug-likeness (QED) is 0.440. The number of carbonyl (C=O) groups is 3. The molecule has 0 aromatic heterocycles. The van der Waals surface area contributed by atoms with Crippen molar-refractivity contribution in [3.05, 3.63) is 11.6 Å². The van der Waals surface area contributed by atoms with Gasteiger partial charge in [0.1, 0.15) is 0 Å². The van der Waals surface area contributed by atoms with Gasteiger partial charge in [-0.05, 0) is 31.6 Å². The maximum atomic E-state index is 11.8. The van der Waals surface area contributed by atoms with Crippen LogP contribution < -0.4 is 5.32 Å². The van der Waals surface area contributed by atoms with Crippen LogP contribution in [0.3, 0.4) is 0 Å². The van der Waals surface area contributed by atoms with E-state index in [2.05, 4.69) is 11.4 Å². The summed E-state index contributed by atoms with van der Waals surface area (Å²) in [6.45, 7) is 4.95. The van der Waals surface area contributed by atoms with Gasteiger partial charge in [-0.1, -0.05) is 11.6 Å². The number of nitrogens with one attached hydrogen (secondary N) is 1. The van der Waals surface area contributed by atoms with E-state index >= 15 is 0 Å². The monoisotopic (exact) mass is 325 g/mol. The number of amides is 1. The first-order valence-electron chi connectivity index (χ1n) is 7.72. The highest BCUT2D eigenvalue weighted by molar-refractivity contribution is 5.70. The van der Waals surface area contributed by atoms with Crippen molar-refractivity contribution in [2.45, 2.75) is 46.3 Å². The Morgan fingerprint density at radius 3 is 2.70 bits per heavy atom. The summed E-state index contributed by atoms with van der Waals surface area (Å²) in [5.41, 5.74) is 0.816. The number of hydrogen-bond donors (Lipinski definition) is 2. The second-order valence-corrected chi connectivity index (χ2v) is 6.58. The Labute approximate surface area is 135 Å². The molecule has 2 aliphatic rings. The van der Waals surface area contributed by atoms with Gasteiger partial charge >= 0.3 is 18.0 Å². The van der Waals surface area contributed by atoms with Crippen molar-refractivity contribution < 1.29 is 29.0 Å². The number of alkyl carbamates (subject to hydrolysis) is 1. The zero-order valence-electron chi connectivity index (χ0n) is 13.6. The third-order valence-electron chi connectivity index (χ3n) is 4.62. The van der Waals surface area contributed by atoms with Crippen LogP contribution in [0.4, 0.5) is 4.79 Å². The summed E-state index contributed by atoms with van der Waals surface area (Å²) >= 11 is 0. The highest BCUT2D eigenvalue weighted by Crippen LogP contribution is 2.59. The van der Waals surface area contributed by atoms with Crippen LogP contribution in [0.2, 0.25) is 0 Å². The second-order valence-electron chi connectivity index (χ2n) is 6.58. The predicted octanol–water partition coefficient (Wildman–Crippen LogP) is 2.07. The van der Waals surface area contributed by atoms with Crippen LogP contribution in [-0.4, -0.2) is 36.0 Å². The minimum Gasteiger partial charge on any atom is -0.481 e. The number of carbonyl (C=O) groups excluding carboxylic acids is 2. The van der Waals surface area contributed by atoms with E-state index in [0.29, 0.717) is 5.92 Å². The molecular formula is C16H23NO6. The molecule has 4 atom stereocenters. The molecule has 23 heavy (non-hydrogen) atoms. The average molecular weight is 325 g/mol. The minimum atomic E-state index is -0.981. The maximum Gasteiger partial charge on any atom is 0.410 e. The number of ether oxygens (including phenoxy) is 2. The zero-order chi connectivity index (χ0) is 17.2. The van der Waals surface area contributed by atoms with E-state index in [0.717, 1.165) is 12.8 Å². The molecule has 0 saturated heterocycles. The van der Waals surface area contributed by atoms with Crippen molar-refractivity contribution >= 4 is 18.0 Å². The highest BCUT2D eigenvalue weighted by atomic mass is 16.7. The largest absolute Gasteiger partial charge is 0.481 e. The smallest absolute Gasteiger partial charge is 0.410 e. The molecule has 0 radical (unpaired) electrons. The molecular weight excluding hydrogens is 302 g/mol. The molecule has 0 aromatic rings. The summed E-state index contributed by atoms with van der Waals surface area (Å²) in [5.74, 6) is -0.747. The number of hydrogen-bond acceptors (Lipinski definition) is 5. The standard InChI is InChI=1S/C16H23NO6/c1-9-4-12-6-16(7-14(19)20,13(12)5-9)8-17-15(21)23-11(3)22-10(2)18/h5,11-13H,4,6-8H2,1-3H3,(H,17,21)(H,19,20)/t11-,12+,13+,16+/m1/s1. The molecule has 2 rings (SSSR count). The van der Waals surface area contributed by atoms with Crippen molar-refractivity contribution in [3.8, 4) is 0 Å². The molecule has 0 spiro atoms. The van der Waals surface area contributed by atoms with Crippen molar-refractivity contribution in [1.82, 2.24) is 5.32 Å². The van der Waals surface area contributed by atoms with E-state index in [4.69, 9.17) is 9.47 Å². The lowest BCUT2D eigenvalue weighted by molar-refractivity contribution is -0.162. The van der Waals surface area contributed by atoms with Crippen molar-refractivity contribution in [3.63, 3.8) is 0 Å².